The number of methoxy groups -OCH3 is 1. The molecule has 1 amide bonds. The molecule has 0 saturated heterocycles. The molecule has 4 heterocycles. The molecule has 0 radical (unpaired) electrons. The lowest BCUT2D eigenvalue weighted by Gasteiger charge is -2.22. The van der Waals surface area contributed by atoms with Gasteiger partial charge >= 0.3 is 0 Å². The minimum Gasteiger partial charge on any atom is -0.493 e. The summed E-state index contributed by atoms with van der Waals surface area (Å²) in [6.07, 6.45) is 7.36. The van der Waals surface area contributed by atoms with Crippen LogP contribution in [-0.2, 0) is 17.6 Å². The van der Waals surface area contributed by atoms with E-state index < -0.39 is 0 Å². The number of benzene rings is 1. The molecular formula is C25H21ClN6O2S. The van der Waals surface area contributed by atoms with Gasteiger partial charge < -0.3 is 15.4 Å². The van der Waals surface area contributed by atoms with Gasteiger partial charge in [0.25, 0.3) is 0 Å². The highest BCUT2D eigenvalue weighted by Crippen LogP contribution is 2.41. The van der Waals surface area contributed by atoms with Crippen molar-refractivity contribution in [3.8, 4) is 5.75 Å². The first-order valence-corrected chi connectivity index (χ1v) is 12.4. The number of aryl methyl sites for hydroxylation is 1. The molecule has 1 aliphatic carbocycles. The number of halogens is 1. The number of carbonyl (C=O) groups is 1. The molecule has 4 aromatic heterocycles. The minimum absolute atomic E-state index is 0.0126. The van der Waals surface area contributed by atoms with Crippen LogP contribution in [-0.4, -0.2) is 32.6 Å². The highest BCUT2D eigenvalue weighted by Gasteiger charge is 2.29. The van der Waals surface area contributed by atoms with Crippen molar-refractivity contribution in [2.75, 3.05) is 17.7 Å². The number of carbonyl (C=O) groups excluding carboxylic acids is 1. The van der Waals surface area contributed by atoms with Gasteiger partial charge in [-0.3, -0.25) is 4.79 Å². The summed E-state index contributed by atoms with van der Waals surface area (Å²) in [5.74, 6) is 1.30. The number of nitrogens with zero attached hydrogens (tertiary/aromatic N) is 4. The van der Waals surface area contributed by atoms with Crippen LogP contribution < -0.4 is 15.4 Å². The fraction of sp³-hybridized carbons (Fsp3) is 0.200. The van der Waals surface area contributed by atoms with Gasteiger partial charge in [0.15, 0.2) is 5.75 Å². The van der Waals surface area contributed by atoms with Crippen LogP contribution in [0.25, 0.3) is 15.7 Å². The molecule has 0 bridgehead atoms. The predicted octanol–water partition coefficient (Wildman–Crippen LogP) is 5.49. The molecule has 35 heavy (non-hydrogen) atoms. The zero-order chi connectivity index (χ0) is 23.9. The largest absolute Gasteiger partial charge is 0.493 e. The number of nitrogens with one attached hydrogen (secondary N) is 2. The van der Waals surface area contributed by atoms with Crippen LogP contribution in [0.4, 0.5) is 17.2 Å². The molecular weight excluding hydrogens is 484 g/mol. The van der Waals surface area contributed by atoms with Crippen LogP contribution in [0.1, 0.15) is 16.9 Å². The summed E-state index contributed by atoms with van der Waals surface area (Å²) in [4.78, 5) is 24.1. The number of thiophene rings is 1. The Morgan fingerprint density at radius 3 is 3.03 bits per heavy atom. The number of fused-ring (bicyclic) bond motifs is 4. The van der Waals surface area contributed by atoms with Crippen LogP contribution in [0.2, 0.25) is 5.02 Å². The summed E-state index contributed by atoms with van der Waals surface area (Å²) in [6, 6.07) is 11.1. The first-order valence-electron chi connectivity index (χ1n) is 11.2. The van der Waals surface area contributed by atoms with Crippen LogP contribution in [0.5, 0.6) is 5.75 Å². The van der Waals surface area contributed by atoms with Gasteiger partial charge in [0, 0.05) is 27.7 Å². The van der Waals surface area contributed by atoms with E-state index in [0.29, 0.717) is 22.9 Å². The van der Waals surface area contributed by atoms with Gasteiger partial charge in [-0.15, -0.1) is 11.3 Å². The Balaban J connectivity index is 1.29. The van der Waals surface area contributed by atoms with E-state index in [1.165, 1.54) is 10.4 Å². The smallest absolute Gasteiger partial charge is 0.227 e. The monoisotopic (exact) mass is 504 g/mol. The van der Waals surface area contributed by atoms with Crippen molar-refractivity contribution >= 4 is 61.8 Å². The fourth-order valence-corrected chi connectivity index (χ4v) is 6.03. The van der Waals surface area contributed by atoms with Crippen molar-refractivity contribution in [2.45, 2.75) is 19.3 Å². The van der Waals surface area contributed by atoms with Gasteiger partial charge in [0.2, 0.25) is 5.91 Å². The van der Waals surface area contributed by atoms with Gasteiger partial charge in [-0.05, 0) is 55.2 Å². The summed E-state index contributed by atoms with van der Waals surface area (Å²) in [5, 5.41) is 12.3. The Bertz CT molecular complexity index is 1580. The molecule has 0 fully saturated rings. The Labute approximate surface area is 209 Å². The number of hydrogen-bond acceptors (Lipinski definition) is 7. The first kappa shape index (κ1) is 21.8. The van der Waals surface area contributed by atoms with Crippen LogP contribution in [0, 0.1) is 5.92 Å². The van der Waals surface area contributed by atoms with Crippen molar-refractivity contribution in [1.82, 2.24) is 19.6 Å². The number of ether oxygens (including phenoxy) is 1. The Morgan fingerprint density at radius 2 is 2.17 bits per heavy atom. The maximum atomic E-state index is 13.0. The summed E-state index contributed by atoms with van der Waals surface area (Å²) in [7, 11) is 1.63. The molecule has 1 aromatic carbocycles. The minimum atomic E-state index is -0.108. The zero-order valence-corrected chi connectivity index (χ0v) is 20.4. The first-order chi connectivity index (χ1) is 17.1. The predicted molar refractivity (Wildman–Crippen MR) is 138 cm³/mol. The molecule has 0 unspecified atom stereocenters. The number of pyridine rings is 1. The number of hydrogen-bond donors (Lipinski definition) is 2. The standard InChI is InChI=1S/C25H21ClN6O2S/c1-34-20-12-32-17(7-8-29-32)11-19(20)31-23-22-18-6-5-14(9-21(18)35-25(22)28-13-27-23)24(33)30-16-4-2-3-15(26)10-16/h2-4,7-8,10-14H,5-6,9H2,1H3,(H,30,33)(H,27,28,31)/t14-/m0/s1. The number of amides is 1. The topological polar surface area (TPSA) is 93.4 Å². The molecule has 176 valence electrons. The van der Waals surface area contributed by atoms with E-state index in [2.05, 4.69) is 25.7 Å². The van der Waals surface area contributed by atoms with E-state index in [-0.39, 0.29) is 11.8 Å². The van der Waals surface area contributed by atoms with E-state index in [4.69, 9.17) is 16.3 Å². The average molecular weight is 505 g/mol. The Hall–Kier alpha value is -3.69. The number of anilines is 3. The Morgan fingerprint density at radius 1 is 1.26 bits per heavy atom. The average Bonchev–Trinajstić information content (AvgIpc) is 3.47. The second-order valence-corrected chi connectivity index (χ2v) is 9.95. The highest BCUT2D eigenvalue weighted by molar-refractivity contribution is 7.19. The lowest BCUT2D eigenvalue weighted by atomic mass is 9.87. The van der Waals surface area contributed by atoms with E-state index >= 15 is 0 Å². The van der Waals surface area contributed by atoms with E-state index in [1.807, 2.05) is 30.5 Å². The summed E-state index contributed by atoms with van der Waals surface area (Å²) in [5.41, 5.74) is 3.67. The zero-order valence-electron chi connectivity index (χ0n) is 18.8. The van der Waals surface area contributed by atoms with Crippen molar-refractivity contribution in [1.29, 1.82) is 0 Å². The summed E-state index contributed by atoms with van der Waals surface area (Å²) < 4.78 is 7.35. The van der Waals surface area contributed by atoms with Gasteiger partial charge in [-0.25, -0.2) is 14.5 Å². The maximum Gasteiger partial charge on any atom is 0.227 e. The molecule has 1 aliphatic rings. The second kappa shape index (κ2) is 8.83. The molecule has 1 atom stereocenters. The normalized spacial score (nSPS) is 15.2. The quantitative estimate of drug-likeness (QED) is 0.329. The molecule has 2 N–H and O–H groups in total. The second-order valence-electron chi connectivity index (χ2n) is 8.43. The fourth-order valence-electron chi connectivity index (χ4n) is 4.57. The third-order valence-corrected chi connectivity index (χ3v) is 7.68. The molecule has 10 heteroatoms. The van der Waals surface area contributed by atoms with Crippen LogP contribution in [0.15, 0.2) is 55.1 Å². The van der Waals surface area contributed by atoms with E-state index in [1.54, 1.807) is 47.6 Å². The molecule has 0 spiro atoms. The maximum absolute atomic E-state index is 13.0. The van der Waals surface area contributed by atoms with Crippen LogP contribution >= 0.6 is 22.9 Å². The molecule has 6 rings (SSSR count). The lowest BCUT2D eigenvalue weighted by Crippen LogP contribution is -2.27. The van der Waals surface area contributed by atoms with Crippen molar-refractivity contribution in [2.24, 2.45) is 5.92 Å². The van der Waals surface area contributed by atoms with Gasteiger partial charge in [-0.2, -0.15) is 5.10 Å². The molecule has 0 saturated carbocycles. The molecule has 5 aromatic rings. The van der Waals surface area contributed by atoms with Gasteiger partial charge in [0.05, 0.1) is 29.9 Å². The third kappa shape index (κ3) is 4.06. The lowest BCUT2D eigenvalue weighted by molar-refractivity contribution is -0.120. The van der Waals surface area contributed by atoms with Crippen LogP contribution in [0.3, 0.4) is 0 Å². The van der Waals surface area contributed by atoms with Gasteiger partial charge in [0.1, 0.15) is 17.0 Å². The van der Waals surface area contributed by atoms with Crippen molar-refractivity contribution < 1.29 is 9.53 Å². The van der Waals surface area contributed by atoms with Crippen molar-refractivity contribution in [3.05, 3.63) is 70.6 Å². The van der Waals surface area contributed by atoms with E-state index in [9.17, 15) is 4.79 Å². The number of rotatable bonds is 5. The van der Waals surface area contributed by atoms with Gasteiger partial charge in [-0.1, -0.05) is 17.7 Å². The Kier molecular flexibility index (Phi) is 5.50. The number of aromatic nitrogens is 4. The summed E-state index contributed by atoms with van der Waals surface area (Å²) >= 11 is 7.69. The van der Waals surface area contributed by atoms with E-state index in [0.717, 1.165) is 40.1 Å². The highest BCUT2D eigenvalue weighted by atomic mass is 35.5. The SMILES string of the molecule is COc1cn2nccc2cc1Nc1ncnc2sc3c(c12)CC[C@H](C(=O)Nc1cccc(Cl)c1)C3. The molecule has 8 nitrogen and oxygen atoms in total. The molecule has 0 aliphatic heterocycles. The summed E-state index contributed by atoms with van der Waals surface area (Å²) in [6.45, 7) is 0. The third-order valence-electron chi connectivity index (χ3n) is 6.28. The van der Waals surface area contributed by atoms with Crippen molar-refractivity contribution in [3.63, 3.8) is 0 Å².